The van der Waals surface area contributed by atoms with Crippen molar-refractivity contribution in [2.75, 3.05) is 26.8 Å². The molecule has 1 aromatic heterocycles. The molecule has 1 N–H and O–H groups in total. The van der Waals surface area contributed by atoms with Crippen molar-refractivity contribution < 1.29 is 27.1 Å². The number of carbonyl (C=O) groups is 1. The van der Waals surface area contributed by atoms with Gasteiger partial charge in [0.25, 0.3) is 0 Å². The Morgan fingerprint density at radius 1 is 1.17 bits per heavy atom. The summed E-state index contributed by atoms with van der Waals surface area (Å²) in [5, 5.41) is 1.41. The molecule has 1 aliphatic rings. The van der Waals surface area contributed by atoms with Crippen molar-refractivity contribution in [3.8, 4) is 5.88 Å². The number of methoxy groups -OCH3 is 1. The number of sulfonamides is 1. The maximum Gasteiger partial charge on any atom is 0.410 e. The average molecular weight is 608 g/mol. The van der Waals surface area contributed by atoms with Gasteiger partial charge in [0.15, 0.2) is 8.32 Å². The predicted molar refractivity (Wildman–Crippen MR) is 166 cm³/mol. The number of aromatic nitrogens is 1. The number of fused-ring (bicyclic) bond motifs is 1. The van der Waals surface area contributed by atoms with E-state index in [1.165, 1.54) is 7.11 Å². The summed E-state index contributed by atoms with van der Waals surface area (Å²) in [7, 11) is -4.33. The molecule has 41 heavy (non-hydrogen) atoms. The summed E-state index contributed by atoms with van der Waals surface area (Å²) in [6, 6.07) is 4.59. The van der Waals surface area contributed by atoms with E-state index in [1.807, 2.05) is 26.8 Å². The highest BCUT2D eigenvalue weighted by Gasteiger charge is 2.37. The molecule has 0 aliphatic heterocycles. The van der Waals surface area contributed by atoms with Crippen LogP contribution in [0.5, 0.6) is 5.88 Å². The Bertz CT molecular complexity index is 1330. The van der Waals surface area contributed by atoms with Crippen LogP contribution in [0.1, 0.15) is 79.2 Å². The van der Waals surface area contributed by atoms with Crippen molar-refractivity contribution in [2.24, 2.45) is 0 Å². The second-order valence-electron chi connectivity index (χ2n) is 13.6. The van der Waals surface area contributed by atoms with Gasteiger partial charge in [0, 0.05) is 42.7 Å². The maximum absolute atomic E-state index is 13.8. The zero-order valence-electron chi connectivity index (χ0n) is 26.5. The number of carbonyl (C=O) groups excluding carboxylic acids is 1. The van der Waals surface area contributed by atoms with E-state index in [2.05, 4.69) is 43.6 Å². The van der Waals surface area contributed by atoms with Crippen LogP contribution in [0.15, 0.2) is 29.3 Å². The number of rotatable bonds is 12. The summed E-state index contributed by atoms with van der Waals surface area (Å²) in [6.07, 6.45) is 3.88. The van der Waals surface area contributed by atoms with Gasteiger partial charge in [0.2, 0.25) is 15.9 Å². The monoisotopic (exact) mass is 607 g/mol. The first-order valence-corrected chi connectivity index (χ1v) is 18.9. The van der Waals surface area contributed by atoms with Gasteiger partial charge in [-0.05, 0) is 88.7 Å². The number of pyridine rings is 1. The van der Waals surface area contributed by atoms with E-state index < -0.39 is 36.1 Å². The van der Waals surface area contributed by atoms with E-state index >= 15 is 0 Å². The van der Waals surface area contributed by atoms with Crippen LogP contribution in [0.4, 0.5) is 4.79 Å². The van der Waals surface area contributed by atoms with Gasteiger partial charge in [-0.3, -0.25) is 0 Å². The SMILES string of the molecule is COc1ncc(C2CC2)c2c(S(=O)(=O)NC(C)CN(CCCO[Si](C)(C)C(C)(C)C)C(=O)OC(C)(C)C)cccc12. The van der Waals surface area contributed by atoms with Gasteiger partial charge in [0.05, 0.1) is 12.0 Å². The molecule has 1 heterocycles. The molecule has 1 aromatic carbocycles. The number of ether oxygens (including phenoxy) is 2. The molecule has 11 heteroatoms. The van der Waals surface area contributed by atoms with Gasteiger partial charge >= 0.3 is 6.09 Å². The summed E-state index contributed by atoms with van der Waals surface area (Å²) in [4.78, 5) is 19.3. The number of nitrogens with one attached hydrogen (secondary N) is 1. The zero-order valence-corrected chi connectivity index (χ0v) is 28.3. The molecule has 0 bridgehead atoms. The van der Waals surface area contributed by atoms with Crippen LogP contribution in [0.2, 0.25) is 18.1 Å². The quantitative estimate of drug-likeness (QED) is 0.219. The van der Waals surface area contributed by atoms with Gasteiger partial charge in [0.1, 0.15) is 5.60 Å². The molecule has 1 amide bonds. The highest BCUT2D eigenvalue weighted by atomic mass is 32.2. The van der Waals surface area contributed by atoms with Crippen molar-refractivity contribution in [3.63, 3.8) is 0 Å². The first kappa shape index (κ1) is 33.3. The lowest BCUT2D eigenvalue weighted by Crippen LogP contribution is -2.46. The first-order valence-electron chi connectivity index (χ1n) is 14.5. The maximum atomic E-state index is 13.8. The second-order valence-corrected chi connectivity index (χ2v) is 20.1. The highest BCUT2D eigenvalue weighted by Crippen LogP contribution is 2.45. The Morgan fingerprint density at radius 2 is 1.83 bits per heavy atom. The van der Waals surface area contributed by atoms with Gasteiger partial charge in [-0.2, -0.15) is 0 Å². The van der Waals surface area contributed by atoms with Crippen molar-refractivity contribution in [2.45, 2.75) is 108 Å². The van der Waals surface area contributed by atoms with Crippen LogP contribution in [-0.2, 0) is 19.2 Å². The molecule has 1 unspecified atom stereocenters. The summed E-state index contributed by atoms with van der Waals surface area (Å²) in [6.45, 7) is 19.2. The third-order valence-corrected chi connectivity index (χ3v) is 13.9. The van der Waals surface area contributed by atoms with Gasteiger partial charge in [-0.15, -0.1) is 0 Å². The molecule has 1 atom stereocenters. The molecule has 1 saturated carbocycles. The van der Waals surface area contributed by atoms with E-state index in [9.17, 15) is 13.2 Å². The number of amides is 1. The van der Waals surface area contributed by atoms with Gasteiger partial charge < -0.3 is 18.8 Å². The summed E-state index contributed by atoms with van der Waals surface area (Å²) in [5.41, 5.74) is 0.247. The Labute approximate surface area is 247 Å². The average Bonchev–Trinajstić information content (AvgIpc) is 3.68. The molecule has 0 radical (unpaired) electrons. The molecule has 1 fully saturated rings. The van der Waals surface area contributed by atoms with Crippen molar-refractivity contribution in [3.05, 3.63) is 30.0 Å². The summed E-state index contributed by atoms with van der Waals surface area (Å²) >= 11 is 0. The molecule has 9 nitrogen and oxygen atoms in total. The smallest absolute Gasteiger partial charge is 0.410 e. The minimum atomic E-state index is -3.94. The van der Waals surface area contributed by atoms with E-state index in [1.54, 1.807) is 30.2 Å². The standard InChI is InChI=1S/C30H49N3O6SSi/c1-21(20-33(28(34)39-29(2,3)4)17-12-18-38-41(9,10)30(5,6)7)32-40(35,36)25-14-11-13-23-26(25)24(22-15-16-22)19-31-27(23)37-8/h11,13-14,19,21-22,32H,12,15-18,20H2,1-10H3. The second kappa shape index (κ2) is 12.6. The van der Waals surface area contributed by atoms with Crippen LogP contribution in [0.25, 0.3) is 10.8 Å². The molecule has 3 rings (SSSR count). The zero-order chi connectivity index (χ0) is 30.8. The Kier molecular flexibility index (Phi) is 10.2. The topological polar surface area (TPSA) is 107 Å². The lowest BCUT2D eigenvalue weighted by atomic mass is 10.0. The molecular formula is C30H49N3O6SSi. The number of hydrogen-bond acceptors (Lipinski definition) is 7. The van der Waals surface area contributed by atoms with E-state index in [0.717, 1.165) is 18.4 Å². The minimum absolute atomic E-state index is 0.0890. The lowest BCUT2D eigenvalue weighted by Gasteiger charge is -2.36. The first-order chi connectivity index (χ1) is 18.9. The number of benzene rings is 1. The van der Waals surface area contributed by atoms with Crippen molar-refractivity contribution in [1.29, 1.82) is 0 Å². The van der Waals surface area contributed by atoms with E-state index in [0.29, 0.717) is 42.1 Å². The van der Waals surface area contributed by atoms with E-state index in [-0.39, 0.29) is 16.5 Å². The van der Waals surface area contributed by atoms with Crippen LogP contribution in [-0.4, -0.2) is 71.2 Å². The van der Waals surface area contributed by atoms with Gasteiger partial charge in [-0.25, -0.2) is 22.9 Å². The minimum Gasteiger partial charge on any atom is -0.481 e. The molecular weight excluding hydrogens is 558 g/mol. The fourth-order valence-corrected chi connectivity index (χ4v) is 7.01. The third kappa shape index (κ3) is 8.65. The third-order valence-electron chi connectivity index (χ3n) is 7.71. The molecule has 230 valence electrons. The van der Waals surface area contributed by atoms with Crippen LogP contribution in [0.3, 0.4) is 0 Å². The van der Waals surface area contributed by atoms with Crippen LogP contribution in [0, 0.1) is 0 Å². The van der Waals surface area contributed by atoms with Gasteiger partial charge in [-0.1, -0.05) is 26.8 Å². The molecule has 0 saturated heterocycles. The Balaban J connectivity index is 1.79. The normalized spacial score (nSPS) is 15.6. The highest BCUT2D eigenvalue weighted by molar-refractivity contribution is 7.89. The van der Waals surface area contributed by atoms with Crippen LogP contribution >= 0.6 is 0 Å². The number of hydrogen-bond donors (Lipinski definition) is 1. The van der Waals surface area contributed by atoms with Crippen molar-refractivity contribution in [1.82, 2.24) is 14.6 Å². The fourth-order valence-electron chi connectivity index (χ4n) is 4.44. The number of nitrogens with zero attached hydrogens (tertiary/aromatic N) is 2. The Hall–Kier alpha value is -2.21. The lowest BCUT2D eigenvalue weighted by molar-refractivity contribution is 0.0230. The summed E-state index contributed by atoms with van der Waals surface area (Å²) < 4.78 is 47.8. The largest absolute Gasteiger partial charge is 0.481 e. The Morgan fingerprint density at radius 3 is 2.39 bits per heavy atom. The van der Waals surface area contributed by atoms with Crippen LogP contribution < -0.4 is 9.46 Å². The van der Waals surface area contributed by atoms with Crippen molar-refractivity contribution >= 4 is 35.2 Å². The predicted octanol–water partition coefficient (Wildman–Crippen LogP) is 6.44. The fraction of sp³-hybridized carbons (Fsp3) is 0.667. The molecule has 1 aliphatic carbocycles. The molecule has 2 aromatic rings. The summed E-state index contributed by atoms with van der Waals surface area (Å²) in [5.74, 6) is 0.686. The molecule has 0 spiro atoms. The van der Waals surface area contributed by atoms with E-state index in [4.69, 9.17) is 13.9 Å².